The average molecular weight is 482 g/mol. The Morgan fingerprint density at radius 1 is 0.912 bits per heavy atom. The van der Waals surface area contributed by atoms with Gasteiger partial charge < -0.3 is 14.7 Å². The van der Waals surface area contributed by atoms with Crippen molar-refractivity contribution < 1.29 is 9.72 Å². The highest BCUT2D eigenvalue weighted by Gasteiger charge is 2.25. The molecule has 0 unspecified atom stereocenters. The van der Waals surface area contributed by atoms with Crippen LogP contribution in [0, 0.1) is 24.0 Å². The van der Waals surface area contributed by atoms with Gasteiger partial charge in [-0.15, -0.1) is 0 Å². The van der Waals surface area contributed by atoms with Crippen LogP contribution >= 0.6 is 12.2 Å². The number of nitrogens with one attached hydrogen (secondary N) is 1. The van der Waals surface area contributed by atoms with Crippen molar-refractivity contribution in [3.8, 4) is 0 Å². The van der Waals surface area contributed by atoms with Gasteiger partial charge in [-0.25, -0.2) is 0 Å². The Balaban J connectivity index is 1.39. The summed E-state index contributed by atoms with van der Waals surface area (Å²) in [5.41, 5.74) is 4.67. The number of aryl methyl sites for hydroxylation is 2. The van der Waals surface area contributed by atoms with Crippen LogP contribution in [0.15, 0.2) is 36.4 Å². The fourth-order valence-corrected chi connectivity index (χ4v) is 4.83. The molecule has 2 aromatic carbocycles. The summed E-state index contributed by atoms with van der Waals surface area (Å²) in [4.78, 5) is 30.3. The number of benzene rings is 2. The van der Waals surface area contributed by atoms with Crippen LogP contribution in [-0.4, -0.2) is 60.1 Å². The maximum atomic E-state index is 12.6. The first-order valence-electron chi connectivity index (χ1n) is 11.8. The van der Waals surface area contributed by atoms with E-state index in [2.05, 4.69) is 15.1 Å². The summed E-state index contributed by atoms with van der Waals surface area (Å²) in [5, 5.41) is 14.9. The summed E-state index contributed by atoms with van der Waals surface area (Å²) in [6, 6.07) is 11.0. The smallest absolute Gasteiger partial charge is 0.292 e. The molecular formula is C25H31N5O3S. The summed E-state index contributed by atoms with van der Waals surface area (Å²) in [7, 11) is 0. The number of piperazine rings is 1. The first-order valence-corrected chi connectivity index (χ1v) is 12.2. The zero-order valence-corrected chi connectivity index (χ0v) is 20.6. The molecule has 2 aliphatic heterocycles. The molecule has 1 N–H and O–H groups in total. The van der Waals surface area contributed by atoms with Crippen LogP contribution in [0.2, 0.25) is 0 Å². The van der Waals surface area contributed by atoms with E-state index in [1.54, 1.807) is 6.07 Å². The van der Waals surface area contributed by atoms with E-state index in [0.29, 0.717) is 29.5 Å². The Morgan fingerprint density at radius 2 is 1.62 bits per heavy atom. The zero-order valence-electron chi connectivity index (χ0n) is 19.7. The Hall–Kier alpha value is -3.20. The molecule has 2 aliphatic rings. The largest absolute Gasteiger partial charge is 0.368 e. The highest BCUT2D eigenvalue weighted by atomic mass is 32.1. The average Bonchev–Trinajstić information content (AvgIpc) is 2.85. The van der Waals surface area contributed by atoms with Gasteiger partial charge >= 0.3 is 0 Å². The van der Waals surface area contributed by atoms with Crippen LogP contribution in [0.1, 0.15) is 40.7 Å². The van der Waals surface area contributed by atoms with Crippen molar-refractivity contribution in [2.75, 3.05) is 49.1 Å². The van der Waals surface area contributed by atoms with Gasteiger partial charge in [-0.2, -0.15) is 0 Å². The number of nitro benzene ring substituents is 1. The number of anilines is 2. The van der Waals surface area contributed by atoms with Gasteiger partial charge in [-0.05, 0) is 80.7 Å². The first-order chi connectivity index (χ1) is 16.3. The van der Waals surface area contributed by atoms with Gasteiger partial charge in [0.15, 0.2) is 5.11 Å². The molecule has 180 valence electrons. The van der Waals surface area contributed by atoms with Crippen LogP contribution in [0.4, 0.5) is 17.1 Å². The first kappa shape index (κ1) is 23.9. The van der Waals surface area contributed by atoms with Gasteiger partial charge in [-0.1, -0.05) is 6.07 Å². The molecule has 2 saturated heterocycles. The van der Waals surface area contributed by atoms with E-state index in [1.165, 1.54) is 6.42 Å². The molecule has 0 aromatic heterocycles. The molecule has 0 saturated carbocycles. The zero-order chi connectivity index (χ0) is 24.2. The third kappa shape index (κ3) is 5.30. The SMILES string of the molecule is Cc1ccc(C(=O)NC(=S)N2CCN(c3ccc([N+](=O)[O-])c(N4CCCCC4)c3)CC2)cc1C. The van der Waals surface area contributed by atoms with Crippen molar-refractivity contribution in [3.05, 3.63) is 63.2 Å². The van der Waals surface area contributed by atoms with E-state index >= 15 is 0 Å². The van der Waals surface area contributed by atoms with Crippen LogP contribution in [-0.2, 0) is 0 Å². The van der Waals surface area contributed by atoms with E-state index < -0.39 is 0 Å². The second kappa shape index (κ2) is 10.4. The van der Waals surface area contributed by atoms with Crippen molar-refractivity contribution in [1.29, 1.82) is 0 Å². The molecule has 34 heavy (non-hydrogen) atoms. The van der Waals surface area contributed by atoms with Gasteiger partial charge in [0.2, 0.25) is 0 Å². The number of piperidine rings is 1. The summed E-state index contributed by atoms with van der Waals surface area (Å²) >= 11 is 5.51. The third-order valence-electron chi connectivity index (χ3n) is 6.77. The molecule has 0 radical (unpaired) electrons. The number of hydrogen-bond donors (Lipinski definition) is 1. The van der Waals surface area contributed by atoms with E-state index in [1.807, 2.05) is 49.1 Å². The van der Waals surface area contributed by atoms with Crippen molar-refractivity contribution in [2.24, 2.45) is 0 Å². The van der Waals surface area contributed by atoms with Gasteiger partial charge in [0, 0.05) is 56.6 Å². The van der Waals surface area contributed by atoms with Crippen LogP contribution in [0.25, 0.3) is 0 Å². The normalized spacial score (nSPS) is 16.4. The quantitative estimate of drug-likeness (QED) is 0.401. The second-order valence-corrected chi connectivity index (χ2v) is 9.40. The Bertz CT molecular complexity index is 1090. The molecule has 2 fully saturated rings. The lowest BCUT2D eigenvalue weighted by Gasteiger charge is -2.37. The van der Waals surface area contributed by atoms with Crippen molar-refractivity contribution in [3.63, 3.8) is 0 Å². The third-order valence-corrected chi connectivity index (χ3v) is 7.13. The minimum Gasteiger partial charge on any atom is -0.368 e. The number of rotatable bonds is 4. The second-order valence-electron chi connectivity index (χ2n) is 9.01. The van der Waals surface area contributed by atoms with Gasteiger partial charge in [0.25, 0.3) is 11.6 Å². The van der Waals surface area contributed by atoms with Crippen LogP contribution in [0.5, 0.6) is 0 Å². The summed E-state index contributed by atoms with van der Waals surface area (Å²) < 4.78 is 0. The topological polar surface area (TPSA) is 82.0 Å². The number of hydrogen-bond acceptors (Lipinski definition) is 6. The monoisotopic (exact) mass is 481 g/mol. The molecule has 0 atom stereocenters. The fraction of sp³-hybridized carbons (Fsp3) is 0.440. The van der Waals surface area contributed by atoms with E-state index in [9.17, 15) is 14.9 Å². The molecule has 4 rings (SSSR count). The molecule has 2 aromatic rings. The highest BCUT2D eigenvalue weighted by Crippen LogP contribution is 2.34. The number of thiocarbonyl (C=S) groups is 1. The van der Waals surface area contributed by atoms with E-state index in [-0.39, 0.29) is 16.5 Å². The Kier molecular flexibility index (Phi) is 7.31. The van der Waals surface area contributed by atoms with Gasteiger partial charge in [-0.3, -0.25) is 20.2 Å². The predicted octanol–water partition coefficient (Wildman–Crippen LogP) is 4.04. The number of amides is 1. The summed E-state index contributed by atoms with van der Waals surface area (Å²) in [6.45, 7) is 8.48. The molecule has 0 aliphatic carbocycles. The molecule has 9 heteroatoms. The molecule has 2 heterocycles. The highest BCUT2D eigenvalue weighted by molar-refractivity contribution is 7.80. The Labute approximate surface area is 205 Å². The van der Waals surface area contributed by atoms with E-state index in [0.717, 1.165) is 55.8 Å². The van der Waals surface area contributed by atoms with Crippen molar-refractivity contribution in [2.45, 2.75) is 33.1 Å². The number of nitro groups is 1. The van der Waals surface area contributed by atoms with E-state index in [4.69, 9.17) is 12.2 Å². The molecule has 1 amide bonds. The molecule has 8 nitrogen and oxygen atoms in total. The lowest BCUT2D eigenvalue weighted by molar-refractivity contribution is -0.384. The standard InChI is InChI=1S/C25H31N5O3S/c1-18-6-7-20(16-19(18)2)24(31)26-25(34)29-14-12-27(13-15-29)21-8-9-22(30(32)33)23(17-21)28-10-4-3-5-11-28/h6-9,16-17H,3-5,10-15H2,1-2H3,(H,26,31,34). The van der Waals surface area contributed by atoms with Crippen molar-refractivity contribution in [1.82, 2.24) is 10.2 Å². The fourth-order valence-electron chi connectivity index (χ4n) is 4.55. The Morgan fingerprint density at radius 3 is 2.26 bits per heavy atom. The molecule has 0 spiro atoms. The van der Waals surface area contributed by atoms with Crippen LogP contribution < -0.4 is 15.1 Å². The predicted molar refractivity (Wildman–Crippen MR) is 139 cm³/mol. The summed E-state index contributed by atoms with van der Waals surface area (Å²) in [6.07, 6.45) is 3.29. The number of carbonyl (C=O) groups excluding carboxylic acids is 1. The minimum atomic E-state index is -0.289. The lowest BCUT2D eigenvalue weighted by Crippen LogP contribution is -2.52. The number of carbonyl (C=O) groups is 1. The lowest BCUT2D eigenvalue weighted by atomic mass is 10.1. The molecule has 0 bridgehead atoms. The van der Waals surface area contributed by atoms with Crippen molar-refractivity contribution >= 4 is 40.3 Å². The summed E-state index contributed by atoms with van der Waals surface area (Å²) in [5.74, 6) is -0.197. The van der Waals surface area contributed by atoms with Crippen LogP contribution in [0.3, 0.4) is 0 Å². The molecular weight excluding hydrogens is 450 g/mol. The minimum absolute atomic E-state index is 0.166. The maximum absolute atomic E-state index is 12.6. The van der Waals surface area contributed by atoms with Gasteiger partial charge in [0.1, 0.15) is 5.69 Å². The number of nitrogens with zero attached hydrogens (tertiary/aromatic N) is 4. The van der Waals surface area contributed by atoms with Gasteiger partial charge in [0.05, 0.1) is 4.92 Å². The maximum Gasteiger partial charge on any atom is 0.292 e.